The van der Waals surface area contributed by atoms with Crippen LogP contribution in [0.15, 0.2) is 22.9 Å². The van der Waals surface area contributed by atoms with E-state index in [1.54, 1.807) is 41.5 Å². The molecule has 0 aliphatic carbocycles. The highest BCUT2D eigenvalue weighted by Crippen LogP contribution is 2.23. The first-order valence-corrected chi connectivity index (χ1v) is 7.56. The predicted molar refractivity (Wildman–Crippen MR) is 86.9 cm³/mol. The predicted octanol–water partition coefficient (Wildman–Crippen LogP) is 4.52. The molecular formula is C15H21BrN2O4. The number of carbonyl (C=O) groups excluding carboxylic acids is 2. The number of amides is 2. The fourth-order valence-electron chi connectivity index (χ4n) is 1.43. The van der Waals surface area contributed by atoms with Crippen molar-refractivity contribution >= 4 is 33.8 Å². The summed E-state index contributed by atoms with van der Waals surface area (Å²) in [6.45, 7) is 10.3. The molecule has 0 N–H and O–H groups in total. The van der Waals surface area contributed by atoms with Gasteiger partial charge in [-0.05, 0) is 69.6 Å². The molecule has 1 aromatic heterocycles. The number of carbonyl (C=O) groups is 2. The van der Waals surface area contributed by atoms with Gasteiger partial charge in [-0.25, -0.2) is 14.6 Å². The van der Waals surface area contributed by atoms with Gasteiger partial charge in [0.25, 0.3) is 0 Å². The molecule has 0 saturated heterocycles. The number of nitrogens with zero attached hydrogens (tertiary/aromatic N) is 2. The van der Waals surface area contributed by atoms with Gasteiger partial charge in [-0.2, -0.15) is 4.90 Å². The summed E-state index contributed by atoms with van der Waals surface area (Å²) in [5, 5.41) is 0. The minimum atomic E-state index is -0.806. The molecule has 0 spiro atoms. The van der Waals surface area contributed by atoms with Crippen LogP contribution >= 0.6 is 15.9 Å². The number of hydrogen-bond acceptors (Lipinski definition) is 5. The quantitative estimate of drug-likeness (QED) is 0.677. The summed E-state index contributed by atoms with van der Waals surface area (Å²) in [6.07, 6.45) is -0.138. The summed E-state index contributed by atoms with van der Waals surface area (Å²) in [5.41, 5.74) is -1.16. The van der Waals surface area contributed by atoms with Crippen molar-refractivity contribution in [3.8, 4) is 0 Å². The van der Waals surface area contributed by atoms with Gasteiger partial charge in [-0.15, -0.1) is 0 Å². The van der Waals surface area contributed by atoms with Gasteiger partial charge in [0.2, 0.25) is 0 Å². The van der Waals surface area contributed by atoms with Crippen LogP contribution in [0.5, 0.6) is 0 Å². The van der Waals surface area contributed by atoms with E-state index in [2.05, 4.69) is 20.9 Å². The van der Waals surface area contributed by atoms with E-state index < -0.39 is 23.4 Å². The number of anilines is 1. The lowest BCUT2D eigenvalue weighted by atomic mass is 10.2. The molecule has 1 rings (SSSR count). The first-order valence-electron chi connectivity index (χ1n) is 6.77. The summed E-state index contributed by atoms with van der Waals surface area (Å²) in [6, 6.07) is 3.06. The molecular weight excluding hydrogens is 352 g/mol. The highest BCUT2D eigenvalue weighted by molar-refractivity contribution is 9.10. The zero-order valence-corrected chi connectivity index (χ0v) is 15.2. The van der Waals surface area contributed by atoms with Crippen molar-refractivity contribution in [2.45, 2.75) is 52.7 Å². The van der Waals surface area contributed by atoms with E-state index in [1.165, 1.54) is 18.3 Å². The molecule has 1 aromatic rings. The molecule has 0 aliphatic rings. The summed E-state index contributed by atoms with van der Waals surface area (Å²) in [4.78, 5) is 29.6. The normalized spacial score (nSPS) is 11.8. The zero-order chi connectivity index (χ0) is 17.1. The van der Waals surface area contributed by atoms with Gasteiger partial charge in [-0.3, -0.25) is 0 Å². The van der Waals surface area contributed by atoms with Crippen LogP contribution in [0.4, 0.5) is 15.3 Å². The van der Waals surface area contributed by atoms with Crippen molar-refractivity contribution in [2.24, 2.45) is 0 Å². The number of hydrogen-bond donors (Lipinski definition) is 0. The summed E-state index contributed by atoms with van der Waals surface area (Å²) in [5.74, 6) is 0. The largest absolute Gasteiger partial charge is 0.443 e. The molecule has 1 heterocycles. The van der Waals surface area contributed by atoms with Crippen molar-refractivity contribution in [1.82, 2.24) is 4.98 Å². The van der Waals surface area contributed by atoms with Gasteiger partial charge < -0.3 is 9.47 Å². The van der Waals surface area contributed by atoms with Crippen LogP contribution in [0.1, 0.15) is 41.5 Å². The lowest BCUT2D eigenvalue weighted by Crippen LogP contribution is -2.43. The average molecular weight is 373 g/mol. The molecule has 122 valence electrons. The van der Waals surface area contributed by atoms with Crippen LogP contribution in [-0.2, 0) is 9.47 Å². The monoisotopic (exact) mass is 372 g/mol. The SMILES string of the molecule is CC(C)(C)OC(=O)N(C(=O)OC(C)(C)C)c1ccnc(Br)c1. The Hall–Kier alpha value is -1.63. The van der Waals surface area contributed by atoms with E-state index in [0.29, 0.717) is 10.3 Å². The van der Waals surface area contributed by atoms with E-state index in [0.717, 1.165) is 4.90 Å². The van der Waals surface area contributed by atoms with Gasteiger partial charge in [0.05, 0.1) is 5.69 Å². The second kappa shape index (κ2) is 6.64. The zero-order valence-electron chi connectivity index (χ0n) is 13.6. The number of aromatic nitrogens is 1. The van der Waals surface area contributed by atoms with Crippen molar-refractivity contribution in [2.75, 3.05) is 4.90 Å². The first-order chi connectivity index (χ1) is 9.89. The van der Waals surface area contributed by atoms with Crippen LogP contribution in [0.25, 0.3) is 0 Å². The molecule has 0 unspecified atom stereocenters. The Bertz CT molecular complexity index is 533. The third-order valence-corrected chi connectivity index (χ3v) is 2.55. The fourth-order valence-corrected chi connectivity index (χ4v) is 1.78. The number of ether oxygens (including phenoxy) is 2. The summed E-state index contributed by atoms with van der Waals surface area (Å²) < 4.78 is 11.0. The first kappa shape index (κ1) is 18.4. The number of halogens is 1. The van der Waals surface area contributed by atoms with E-state index in [-0.39, 0.29) is 0 Å². The van der Waals surface area contributed by atoms with Gasteiger partial charge in [-0.1, -0.05) is 0 Å². The summed E-state index contributed by atoms with van der Waals surface area (Å²) >= 11 is 3.21. The van der Waals surface area contributed by atoms with E-state index in [9.17, 15) is 9.59 Å². The molecule has 0 fully saturated rings. The molecule has 0 aliphatic heterocycles. The Labute approximate surface area is 138 Å². The van der Waals surface area contributed by atoms with E-state index in [4.69, 9.17) is 9.47 Å². The van der Waals surface area contributed by atoms with Crippen LogP contribution in [-0.4, -0.2) is 28.4 Å². The minimum absolute atomic E-state index is 0.311. The smallest absolute Gasteiger partial charge is 0.424 e. The maximum Gasteiger partial charge on any atom is 0.424 e. The van der Waals surface area contributed by atoms with Crippen LogP contribution < -0.4 is 4.90 Å². The molecule has 7 heteroatoms. The molecule has 0 aromatic carbocycles. The van der Waals surface area contributed by atoms with Gasteiger partial charge >= 0.3 is 12.2 Å². The van der Waals surface area contributed by atoms with Crippen molar-refractivity contribution < 1.29 is 19.1 Å². The van der Waals surface area contributed by atoms with Crippen LogP contribution in [0.2, 0.25) is 0 Å². The van der Waals surface area contributed by atoms with Crippen molar-refractivity contribution in [3.63, 3.8) is 0 Å². The minimum Gasteiger partial charge on any atom is -0.443 e. The Balaban J connectivity index is 3.15. The maximum absolute atomic E-state index is 12.4. The second-order valence-electron chi connectivity index (χ2n) is 6.63. The lowest BCUT2D eigenvalue weighted by Gasteiger charge is -2.28. The number of pyridine rings is 1. The fraction of sp³-hybridized carbons (Fsp3) is 0.533. The second-order valence-corrected chi connectivity index (χ2v) is 7.45. The Morgan fingerprint density at radius 2 is 1.50 bits per heavy atom. The number of imide groups is 1. The van der Waals surface area contributed by atoms with Crippen LogP contribution in [0.3, 0.4) is 0 Å². The standard InChI is InChI=1S/C15H21BrN2O4/c1-14(2,3)21-12(19)18(13(20)22-15(4,5)6)10-7-8-17-11(16)9-10/h7-9H,1-6H3. The molecule has 6 nitrogen and oxygen atoms in total. The Morgan fingerprint density at radius 1 is 1.05 bits per heavy atom. The highest BCUT2D eigenvalue weighted by atomic mass is 79.9. The molecule has 0 saturated carbocycles. The topological polar surface area (TPSA) is 68.7 Å². The molecule has 0 radical (unpaired) electrons. The van der Waals surface area contributed by atoms with E-state index >= 15 is 0 Å². The molecule has 0 bridgehead atoms. The van der Waals surface area contributed by atoms with Crippen molar-refractivity contribution in [3.05, 3.63) is 22.9 Å². The summed E-state index contributed by atoms with van der Waals surface area (Å²) in [7, 11) is 0. The van der Waals surface area contributed by atoms with Crippen LogP contribution in [0, 0.1) is 0 Å². The molecule has 2 amide bonds. The third kappa shape index (κ3) is 6.01. The molecule has 22 heavy (non-hydrogen) atoms. The molecule has 0 atom stereocenters. The lowest BCUT2D eigenvalue weighted by molar-refractivity contribution is 0.0431. The Morgan fingerprint density at radius 3 is 1.86 bits per heavy atom. The van der Waals surface area contributed by atoms with Gasteiger partial charge in [0.1, 0.15) is 15.8 Å². The van der Waals surface area contributed by atoms with Gasteiger partial charge in [0.15, 0.2) is 0 Å². The maximum atomic E-state index is 12.4. The highest BCUT2D eigenvalue weighted by Gasteiger charge is 2.32. The third-order valence-electron chi connectivity index (χ3n) is 2.12. The van der Waals surface area contributed by atoms with Crippen molar-refractivity contribution in [1.29, 1.82) is 0 Å². The van der Waals surface area contributed by atoms with E-state index in [1.807, 2.05) is 0 Å². The average Bonchev–Trinajstić information content (AvgIpc) is 2.23. The number of rotatable bonds is 1. The Kier molecular flexibility index (Phi) is 5.56. The van der Waals surface area contributed by atoms with Gasteiger partial charge in [0, 0.05) is 6.20 Å².